The number of hydrogen-bond acceptors (Lipinski definition) is 5. The van der Waals surface area contributed by atoms with Crippen LogP contribution >= 0.6 is 11.3 Å². The predicted octanol–water partition coefficient (Wildman–Crippen LogP) is 1.41. The number of nitrogens with zero attached hydrogens (tertiary/aromatic N) is 2. The van der Waals surface area contributed by atoms with Gasteiger partial charge in [0.15, 0.2) is 0 Å². The van der Waals surface area contributed by atoms with Crippen molar-refractivity contribution in [2.45, 2.75) is 19.4 Å². The molecule has 1 saturated heterocycles. The molecule has 0 bridgehead atoms. The smallest absolute Gasteiger partial charge is 0.347 e. The summed E-state index contributed by atoms with van der Waals surface area (Å²) in [4.78, 5) is 18.0. The number of likely N-dealkylation sites (N-methyl/N-ethyl adjacent to an activating group) is 1. The van der Waals surface area contributed by atoms with Gasteiger partial charge in [0.05, 0.1) is 12.3 Å². The van der Waals surface area contributed by atoms with Crippen LogP contribution in [0.25, 0.3) is 0 Å². The molecule has 1 aliphatic rings. The maximum atomic E-state index is 11.1. The van der Waals surface area contributed by atoms with Crippen molar-refractivity contribution in [1.82, 2.24) is 9.88 Å². The number of aromatic nitrogens is 1. The molecule has 1 N–H and O–H groups in total. The first-order chi connectivity index (χ1) is 8.11. The van der Waals surface area contributed by atoms with Crippen LogP contribution in [0.5, 0.6) is 0 Å². The molecule has 2 rings (SSSR count). The Morgan fingerprint density at radius 1 is 1.71 bits per heavy atom. The largest absolute Gasteiger partial charge is 0.477 e. The third kappa shape index (κ3) is 2.65. The maximum absolute atomic E-state index is 11.1. The van der Waals surface area contributed by atoms with Gasteiger partial charge in [-0.3, -0.25) is 0 Å². The minimum atomic E-state index is -0.894. The lowest BCUT2D eigenvalue weighted by atomic mass is 10.3. The Hall–Kier alpha value is -0.980. The van der Waals surface area contributed by atoms with Crippen LogP contribution < -0.4 is 0 Å². The van der Waals surface area contributed by atoms with Gasteiger partial charge in [-0.15, -0.1) is 11.3 Å². The second-order valence-corrected chi connectivity index (χ2v) is 5.14. The summed E-state index contributed by atoms with van der Waals surface area (Å²) in [6, 6.07) is 0. The van der Waals surface area contributed by atoms with Crippen molar-refractivity contribution >= 4 is 17.3 Å². The molecule has 1 fully saturated rings. The number of aryl methyl sites for hydroxylation is 1. The number of aromatic carboxylic acids is 1. The molecule has 1 atom stereocenters. The summed E-state index contributed by atoms with van der Waals surface area (Å²) in [6.07, 6.45) is 0.554. The lowest BCUT2D eigenvalue weighted by Gasteiger charge is -2.28. The molecular weight excluding hydrogens is 240 g/mol. The molecule has 1 aromatic rings. The highest BCUT2D eigenvalue weighted by Crippen LogP contribution is 2.28. The van der Waals surface area contributed by atoms with Gasteiger partial charge in [0, 0.05) is 13.1 Å². The van der Waals surface area contributed by atoms with E-state index in [4.69, 9.17) is 9.84 Å². The number of carbonyl (C=O) groups is 1. The molecular formula is C11H16N2O3S. The number of carboxylic acids is 1. The Balaban J connectivity index is 2.23. The molecule has 0 aromatic carbocycles. The first-order valence-corrected chi connectivity index (χ1v) is 6.46. The van der Waals surface area contributed by atoms with Crippen LogP contribution in [0, 0.1) is 0 Å². The van der Waals surface area contributed by atoms with E-state index in [9.17, 15) is 4.79 Å². The monoisotopic (exact) mass is 256 g/mol. The molecule has 94 valence electrons. The standard InChI is InChI=1S/C11H16N2O3S/c1-3-7-9(11(14)15)17-10(12-7)8-6-13(2)4-5-16-8/h8H,3-6H2,1-2H3,(H,14,15). The molecule has 2 heterocycles. The minimum absolute atomic E-state index is 0.0860. The van der Waals surface area contributed by atoms with Crippen LogP contribution in [0.2, 0.25) is 0 Å². The molecule has 5 nitrogen and oxygen atoms in total. The van der Waals surface area contributed by atoms with Gasteiger partial charge in [-0.1, -0.05) is 6.92 Å². The third-order valence-corrected chi connectivity index (χ3v) is 3.97. The zero-order valence-corrected chi connectivity index (χ0v) is 10.8. The summed E-state index contributed by atoms with van der Waals surface area (Å²) in [6.45, 7) is 4.27. The van der Waals surface area contributed by atoms with Crippen LogP contribution in [0.1, 0.15) is 33.4 Å². The van der Waals surface area contributed by atoms with Crippen molar-refractivity contribution in [2.75, 3.05) is 26.7 Å². The van der Waals surface area contributed by atoms with E-state index < -0.39 is 5.97 Å². The first-order valence-electron chi connectivity index (χ1n) is 5.64. The second kappa shape index (κ2) is 5.12. The van der Waals surface area contributed by atoms with Gasteiger partial charge in [0.1, 0.15) is 16.0 Å². The van der Waals surface area contributed by atoms with Crippen LogP contribution in [-0.2, 0) is 11.2 Å². The summed E-state index contributed by atoms with van der Waals surface area (Å²) >= 11 is 1.24. The van der Waals surface area contributed by atoms with E-state index in [1.54, 1.807) is 0 Å². The normalized spacial score (nSPS) is 21.6. The molecule has 0 saturated carbocycles. The Morgan fingerprint density at radius 2 is 2.47 bits per heavy atom. The quantitative estimate of drug-likeness (QED) is 0.886. The molecule has 0 amide bonds. The maximum Gasteiger partial charge on any atom is 0.347 e. The lowest BCUT2D eigenvalue weighted by molar-refractivity contribution is -0.0210. The van der Waals surface area contributed by atoms with Gasteiger partial charge in [-0.2, -0.15) is 0 Å². The zero-order chi connectivity index (χ0) is 12.4. The molecule has 17 heavy (non-hydrogen) atoms. The topological polar surface area (TPSA) is 62.7 Å². The summed E-state index contributed by atoms with van der Waals surface area (Å²) in [5.74, 6) is -0.894. The molecule has 1 unspecified atom stereocenters. The molecule has 1 aromatic heterocycles. The van der Waals surface area contributed by atoms with Crippen molar-refractivity contribution in [2.24, 2.45) is 0 Å². The van der Waals surface area contributed by atoms with Gasteiger partial charge >= 0.3 is 5.97 Å². The summed E-state index contributed by atoms with van der Waals surface area (Å²) < 4.78 is 5.64. The van der Waals surface area contributed by atoms with Gasteiger partial charge in [-0.05, 0) is 13.5 Å². The highest BCUT2D eigenvalue weighted by molar-refractivity contribution is 7.13. The highest BCUT2D eigenvalue weighted by Gasteiger charge is 2.25. The number of morpholine rings is 1. The Bertz CT molecular complexity index is 419. The van der Waals surface area contributed by atoms with Crippen molar-refractivity contribution in [3.8, 4) is 0 Å². The SMILES string of the molecule is CCc1nc(C2CN(C)CCO2)sc1C(=O)O. The number of carboxylic acid groups (broad SMARTS) is 1. The number of ether oxygens (including phenoxy) is 1. The average molecular weight is 256 g/mol. The van der Waals surface area contributed by atoms with E-state index in [1.165, 1.54) is 11.3 Å². The van der Waals surface area contributed by atoms with Gasteiger partial charge < -0.3 is 14.7 Å². The summed E-state index contributed by atoms with van der Waals surface area (Å²) in [5.41, 5.74) is 0.661. The van der Waals surface area contributed by atoms with E-state index >= 15 is 0 Å². The van der Waals surface area contributed by atoms with Gasteiger partial charge in [0.25, 0.3) is 0 Å². The molecule has 1 aliphatic heterocycles. The van der Waals surface area contributed by atoms with Crippen molar-refractivity contribution in [1.29, 1.82) is 0 Å². The Morgan fingerprint density at radius 3 is 3.00 bits per heavy atom. The minimum Gasteiger partial charge on any atom is -0.477 e. The fourth-order valence-corrected chi connectivity index (χ4v) is 2.88. The van der Waals surface area contributed by atoms with Crippen molar-refractivity contribution in [3.05, 3.63) is 15.6 Å². The fraction of sp³-hybridized carbons (Fsp3) is 0.636. The summed E-state index contributed by atoms with van der Waals surface area (Å²) in [7, 11) is 2.03. The summed E-state index contributed by atoms with van der Waals surface area (Å²) in [5, 5.41) is 9.86. The Kier molecular flexibility index (Phi) is 3.76. The van der Waals surface area contributed by atoms with E-state index in [2.05, 4.69) is 9.88 Å². The van der Waals surface area contributed by atoms with E-state index in [0.29, 0.717) is 23.6 Å². The molecule has 6 heteroatoms. The second-order valence-electron chi connectivity index (χ2n) is 4.11. The fourth-order valence-electron chi connectivity index (χ4n) is 1.84. The number of thiazole rings is 1. The van der Waals surface area contributed by atoms with Crippen LogP contribution in [0.15, 0.2) is 0 Å². The van der Waals surface area contributed by atoms with Crippen molar-refractivity contribution in [3.63, 3.8) is 0 Å². The van der Waals surface area contributed by atoms with E-state index in [1.807, 2.05) is 14.0 Å². The first kappa shape index (κ1) is 12.5. The van der Waals surface area contributed by atoms with Crippen LogP contribution in [-0.4, -0.2) is 47.7 Å². The lowest BCUT2D eigenvalue weighted by Crippen LogP contribution is -2.35. The van der Waals surface area contributed by atoms with Gasteiger partial charge in [-0.25, -0.2) is 9.78 Å². The van der Waals surface area contributed by atoms with Gasteiger partial charge in [0.2, 0.25) is 0 Å². The highest BCUT2D eigenvalue weighted by atomic mass is 32.1. The van der Waals surface area contributed by atoms with E-state index in [0.717, 1.165) is 18.1 Å². The predicted molar refractivity (Wildman–Crippen MR) is 64.6 cm³/mol. The average Bonchev–Trinajstić information content (AvgIpc) is 2.73. The number of hydrogen-bond donors (Lipinski definition) is 1. The molecule has 0 spiro atoms. The molecule has 0 radical (unpaired) electrons. The third-order valence-electron chi connectivity index (χ3n) is 2.79. The van der Waals surface area contributed by atoms with Crippen LogP contribution in [0.3, 0.4) is 0 Å². The molecule has 0 aliphatic carbocycles. The number of rotatable bonds is 3. The van der Waals surface area contributed by atoms with Crippen LogP contribution in [0.4, 0.5) is 0 Å². The van der Waals surface area contributed by atoms with Crippen molar-refractivity contribution < 1.29 is 14.6 Å². The van der Waals surface area contributed by atoms with E-state index in [-0.39, 0.29) is 6.10 Å². The zero-order valence-electron chi connectivity index (χ0n) is 9.97. The Labute approximate surface area is 104 Å².